The van der Waals surface area contributed by atoms with E-state index in [1.165, 1.54) is 6.07 Å². The summed E-state index contributed by atoms with van der Waals surface area (Å²) in [5.74, 6) is 0.926. The Labute approximate surface area is 116 Å². The third kappa shape index (κ3) is 5.60. The van der Waals surface area contributed by atoms with E-state index in [4.69, 9.17) is 4.74 Å². The molecule has 2 nitrogen and oxygen atoms in total. The summed E-state index contributed by atoms with van der Waals surface area (Å²) in [5, 5.41) is 3.45. The lowest BCUT2D eigenvalue weighted by Crippen LogP contribution is -2.44. The van der Waals surface area contributed by atoms with E-state index in [1.807, 2.05) is 0 Å². The number of hydrogen-bond acceptors (Lipinski definition) is 2. The largest absolute Gasteiger partial charge is 0.489 e. The van der Waals surface area contributed by atoms with Gasteiger partial charge < -0.3 is 10.1 Å². The first-order chi connectivity index (χ1) is 8.69. The van der Waals surface area contributed by atoms with Gasteiger partial charge in [0.25, 0.3) is 0 Å². The maximum atomic E-state index is 13.2. The Morgan fingerprint density at radius 2 is 1.89 bits per heavy atom. The van der Waals surface area contributed by atoms with Crippen LogP contribution in [0.5, 0.6) is 5.75 Å². The highest BCUT2D eigenvalue weighted by molar-refractivity contribution is 5.29. The summed E-state index contributed by atoms with van der Waals surface area (Å²) in [5.41, 5.74) is 0.679. The number of halogens is 1. The van der Waals surface area contributed by atoms with E-state index in [9.17, 15) is 4.39 Å². The molecule has 0 fully saturated rings. The summed E-state index contributed by atoms with van der Waals surface area (Å²) in [4.78, 5) is 0. The molecule has 1 N–H and O–H groups in total. The van der Waals surface area contributed by atoms with Crippen LogP contribution in [0, 0.1) is 18.7 Å². The normalized spacial score (nSPS) is 13.7. The van der Waals surface area contributed by atoms with Crippen molar-refractivity contribution in [2.75, 3.05) is 6.54 Å². The summed E-state index contributed by atoms with van der Waals surface area (Å²) in [6.45, 7) is 13.2. The minimum atomic E-state index is -0.193. The molecule has 1 aromatic carbocycles. The van der Waals surface area contributed by atoms with Gasteiger partial charge in [-0.2, -0.15) is 0 Å². The van der Waals surface area contributed by atoms with Crippen LogP contribution in [0.4, 0.5) is 4.39 Å². The highest BCUT2D eigenvalue weighted by atomic mass is 19.1. The Hall–Kier alpha value is -1.09. The maximum absolute atomic E-state index is 13.2. The van der Waals surface area contributed by atoms with Crippen molar-refractivity contribution in [2.24, 2.45) is 5.92 Å². The monoisotopic (exact) mass is 267 g/mol. The lowest BCUT2D eigenvalue weighted by molar-refractivity contribution is 0.139. The molecule has 108 valence electrons. The molecular formula is C16H26FNO. The van der Waals surface area contributed by atoms with Crippen LogP contribution in [0.25, 0.3) is 0 Å². The zero-order valence-electron chi connectivity index (χ0n) is 12.9. The van der Waals surface area contributed by atoms with Gasteiger partial charge in [-0.15, -0.1) is 0 Å². The first-order valence-electron chi connectivity index (χ1n) is 6.87. The summed E-state index contributed by atoms with van der Waals surface area (Å²) >= 11 is 0. The van der Waals surface area contributed by atoms with E-state index >= 15 is 0 Å². The van der Waals surface area contributed by atoms with Crippen LogP contribution in [0.15, 0.2) is 18.2 Å². The molecule has 19 heavy (non-hydrogen) atoms. The first kappa shape index (κ1) is 16.0. The molecule has 0 bridgehead atoms. The van der Waals surface area contributed by atoms with E-state index in [0.717, 1.165) is 12.3 Å². The molecule has 1 atom stereocenters. The zero-order chi connectivity index (χ0) is 14.6. The highest BCUT2D eigenvalue weighted by Gasteiger charge is 2.19. The van der Waals surface area contributed by atoms with Gasteiger partial charge in [-0.25, -0.2) is 4.39 Å². The SMILES string of the molecule is Cc1cc(OC(CNC(C)(C)C)C(C)C)ccc1F. The van der Waals surface area contributed by atoms with Gasteiger partial charge in [0.05, 0.1) is 0 Å². The molecule has 0 aliphatic rings. The molecule has 0 aliphatic carbocycles. The van der Waals surface area contributed by atoms with Crippen molar-refractivity contribution in [2.45, 2.75) is 53.2 Å². The van der Waals surface area contributed by atoms with Crippen LogP contribution in [-0.4, -0.2) is 18.2 Å². The van der Waals surface area contributed by atoms with E-state index in [-0.39, 0.29) is 17.5 Å². The smallest absolute Gasteiger partial charge is 0.126 e. The number of hydrogen-bond donors (Lipinski definition) is 1. The van der Waals surface area contributed by atoms with Crippen LogP contribution in [0.2, 0.25) is 0 Å². The molecule has 1 unspecified atom stereocenters. The second kappa shape index (κ2) is 6.38. The van der Waals surface area contributed by atoms with Crippen molar-refractivity contribution in [3.8, 4) is 5.75 Å². The molecule has 0 saturated heterocycles. The van der Waals surface area contributed by atoms with Gasteiger partial charge in [-0.05, 0) is 57.4 Å². The van der Waals surface area contributed by atoms with Crippen molar-refractivity contribution in [3.05, 3.63) is 29.6 Å². The van der Waals surface area contributed by atoms with E-state index in [0.29, 0.717) is 11.5 Å². The van der Waals surface area contributed by atoms with Gasteiger partial charge in [-0.1, -0.05) is 13.8 Å². The van der Waals surface area contributed by atoms with Crippen LogP contribution >= 0.6 is 0 Å². The Morgan fingerprint density at radius 3 is 2.37 bits per heavy atom. The standard InChI is InChI=1S/C16H26FNO/c1-11(2)15(10-18-16(4,5)6)19-13-7-8-14(17)12(3)9-13/h7-9,11,15,18H,10H2,1-6H3. The number of ether oxygens (including phenoxy) is 1. The summed E-state index contributed by atoms with van der Waals surface area (Å²) in [7, 11) is 0. The van der Waals surface area contributed by atoms with Gasteiger partial charge >= 0.3 is 0 Å². The lowest BCUT2D eigenvalue weighted by Gasteiger charge is -2.28. The molecular weight excluding hydrogens is 241 g/mol. The molecule has 0 spiro atoms. The number of rotatable bonds is 5. The van der Waals surface area contributed by atoms with E-state index in [1.54, 1.807) is 19.1 Å². The zero-order valence-corrected chi connectivity index (χ0v) is 12.9. The first-order valence-corrected chi connectivity index (χ1v) is 6.87. The molecule has 0 saturated carbocycles. The van der Waals surface area contributed by atoms with Crippen LogP contribution in [0.3, 0.4) is 0 Å². The van der Waals surface area contributed by atoms with Gasteiger partial charge in [0, 0.05) is 12.1 Å². The predicted octanol–water partition coefficient (Wildman–Crippen LogP) is 3.93. The molecule has 0 aliphatic heterocycles. The van der Waals surface area contributed by atoms with Gasteiger partial charge in [-0.3, -0.25) is 0 Å². The van der Waals surface area contributed by atoms with Crippen molar-refractivity contribution in [1.82, 2.24) is 5.32 Å². The second-order valence-electron chi connectivity index (χ2n) is 6.44. The van der Waals surface area contributed by atoms with Crippen LogP contribution < -0.4 is 10.1 Å². The van der Waals surface area contributed by atoms with Crippen LogP contribution in [-0.2, 0) is 0 Å². The molecule has 0 heterocycles. The third-order valence-corrected chi connectivity index (χ3v) is 2.99. The van der Waals surface area contributed by atoms with E-state index < -0.39 is 0 Å². The molecule has 1 rings (SSSR count). The Balaban J connectivity index is 2.70. The minimum absolute atomic E-state index is 0.0647. The number of aryl methyl sites for hydroxylation is 1. The fourth-order valence-corrected chi connectivity index (χ4v) is 1.69. The quantitative estimate of drug-likeness (QED) is 0.873. The molecule has 3 heteroatoms. The Morgan fingerprint density at radius 1 is 1.26 bits per heavy atom. The van der Waals surface area contributed by atoms with Crippen molar-refractivity contribution < 1.29 is 9.13 Å². The fraction of sp³-hybridized carbons (Fsp3) is 0.625. The minimum Gasteiger partial charge on any atom is -0.489 e. The van der Waals surface area contributed by atoms with Crippen LogP contribution in [0.1, 0.15) is 40.2 Å². The number of nitrogens with one attached hydrogen (secondary N) is 1. The Kier molecular flexibility index (Phi) is 5.36. The highest BCUT2D eigenvalue weighted by Crippen LogP contribution is 2.19. The predicted molar refractivity (Wildman–Crippen MR) is 78.1 cm³/mol. The molecule has 0 radical (unpaired) electrons. The Bertz CT molecular complexity index is 410. The molecule has 0 aromatic heterocycles. The summed E-state index contributed by atoms with van der Waals surface area (Å²) < 4.78 is 19.2. The molecule has 0 amide bonds. The second-order valence-corrected chi connectivity index (χ2v) is 6.44. The van der Waals surface area contributed by atoms with Gasteiger partial charge in [0.1, 0.15) is 17.7 Å². The topological polar surface area (TPSA) is 21.3 Å². The average molecular weight is 267 g/mol. The average Bonchev–Trinajstić information content (AvgIpc) is 2.27. The van der Waals surface area contributed by atoms with Crippen molar-refractivity contribution in [3.63, 3.8) is 0 Å². The summed E-state index contributed by atoms with van der Waals surface area (Å²) in [6, 6.07) is 4.90. The fourth-order valence-electron chi connectivity index (χ4n) is 1.69. The number of benzene rings is 1. The van der Waals surface area contributed by atoms with Gasteiger partial charge in [0.15, 0.2) is 0 Å². The summed E-state index contributed by atoms with van der Waals surface area (Å²) in [6.07, 6.45) is 0.0732. The third-order valence-electron chi connectivity index (χ3n) is 2.99. The van der Waals surface area contributed by atoms with E-state index in [2.05, 4.69) is 39.9 Å². The molecule has 1 aromatic rings. The maximum Gasteiger partial charge on any atom is 0.126 e. The van der Waals surface area contributed by atoms with Crippen molar-refractivity contribution >= 4 is 0 Å². The van der Waals surface area contributed by atoms with Crippen molar-refractivity contribution in [1.29, 1.82) is 0 Å². The lowest BCUT2D eigenvalue weighted by atomic mass is 10.0. The van der Waals surface area contributed by atoms with Gasteiger partial charge in [0.2, 0.25) is 0 Å².